The van der Waals surface area contributed by atoms with E-state index in [0.717, 1.165) is 29.6 Å². The predicted octanol–water partition coefficient (Wildman–Crippen LogP) is 2.49. The summed E-state index contributed by atoms with van der Waals surface area (Å²) in [5.41, 5.74) is 2.22. The fraction of sp³-hybridized carbons (Fsp3) is 0.526. The average molecular weight is 347 g/mol. The summed E-state index contributed by atoms with van der Waals surface area (Å²) in [5.74, 6) is 0.482. The Morgan fingerprint density at radius 1 is 1.16 bits per heavy atom. The van der Waals surface area contributed by atoms with Gasteiger partial charge in [0.1, 0.15) is 5.75 Å². The molecule has 0 aliphatic carbocycles. The maximum Gasteiger partial charge on any atom is 0.310 e. The lowest BCUT2D eigenvalue weighted by atomic mass is 10.1. The second-order valence-corrected chi connectivity index (χ2v) is 6.77. The number of carbonyl (C=O) groups is 1. The number of fused-ring (bicyclic) bond motifs is 1. The average Bonchev–Trinajstić information content (AvgIpc) is 2.95. The molecule has 0 amide bonds. The van der Waals surface area contributed by atoms with E-state index in [-0.39, 0.29) is 5.97 Å². The summed E-state index contributed by atoms with van der Waals surface area (Å²) in [6.45, 7) is 3.36. The first-order valence-corrected chi connectivity index (χ1v) is 8.61. The van der Waals surface area contributed by atoms with Gasteiger partial charge in [0.15, 0.2) is 0 Å². The predicted molar refractivity (Wildman–Crippen MR) is 99.9 cm³/mol. The molecule has 0 spiro atoms. The largest absolute Gasteiger partial charge is 0.454 e. The van der Waals surface area contributed by atoms with E-state index < -0.39 is 6.29 Å². The van der Waals surface area contributed by atoms with Crippen molar-refractivity contribution in [3.8, 4) is 5.75 Å². The lowest BCUT2D eigenvalue weighted by Gasteiger charge is -2.17. The lowest BCUT2D eigenvalue weighted by Crippen LogP contribution is -2.24. The topological polar surface area (TPSA) is 57.8 Å². The summed E-state index contributed by atoms with van der Waals surface area (Å²) in [7, 11) is 7.97. The zero-order valence-electron chi connectivity index (χ0n) is 15.8. The number of nitrogens with zero attached hydrogens (tertiary/aromatic N) is 2. The van der Waals surface area contributed by atoms with Gasteiger partial charge in [0, 0.05) is 37.1 Å². The molecule has 25 heavy (non-hydrogen) atoms. The third-order valence-corrected chi connectivity index (χ3v) is 3.93. The van der Waals surface area contributed by atoms with Crippen molar-refractivity contribution < 1.29 is 14.3 Å². The van der Waals surface area contributed by atoms with Crippen molar-refractivity contribution in [2.24, 2.45) is 0 Å². The second kappa shape index (κ2) is 8.87. The van der Waals surface area contributed by atoms with E-state index in [1.54, 1.807) is 6.92 Å². The molecule has 6 nitrogen and oxygen atoms in total. The molecule has 0 aliphatic rings. The number of rotatable bonds is 9. The standard InChI is InChI=1S/C19H29N3O3/c1-14(25-18(23)10-12-22(4)5)24-17-8-6-7-16-19(17)15(13-20-16)9-11-21(2)3/h6-8,13-14,20H,9-12H2,1-5H3. The van der Waals surface area contributed by atoms with Crippen molar-refractivity contribution in [2.45, 2.75) is 26.1 Å². The Hall–Kier alpha value is -2.05. The summed E-state index contributed by atoms with van der Waals surface area (Å²) in [4.78, 5) is 19.3. The number of nitrogens with one attached hydrogen (secondary N) is 1. The molecule has 6 heteroatoms. The van der Waals surface area contributed by atoms with Crippen LogP contribution < -0.4 is 4.74 Å². The number of hydrogen-bond donors (Lipinski definition) is 1. The number of aromatic amines is 1. The first-order chi connectivity index (χ1) is 11.9. The fourth-order valence-corrected chi connectivity index (χ4v) is 2.62. The molecular weight excluding hydrogens is 318 g/mol. The van der Waals surface area contributed by atoms with Gasteiger partial charge < -0.3 is 24.3 Å². The van der Waals surface area contributed by atoms with Crippen LogP contribution in [0.5, 0.6) is 5.75 Å². The molecule has 1 aromatic heterocycles. The minimum atomic E-state index is -0.628. The molecule has 0 fully saturated rings. The molecule has 0 bridgehead atoms. The molecule has 0 saturated carbocycles. The molecule has 1 atom stereocenters. The molecule has 138 valence electrons. The third-order valence-electron chi connectivity index (χ3n) is 3.93. The highest BCUT2D eigenvalue weighted by molar-refractivity contribution is 5.89. The number of carbonyl (C=O) groups excluding carboxylic acids is 1. The van der Waals surface area contributed by atoms with Gasteiger partial charge in [0.2, 0.25) is 6.29 Å². The van der Waals surface area contributed by atoms with Gasteiger partial charge in [-0.1, -0.05) is 6.07 Å². The molecule has 2 aromatic rings. The normalized spacial score (nSPS) is 12.8. The molecule has 2 rings (SSSR count). The van der Waals surface area contributed by atoms with Gasteiger partial charge in [0.25, 0.3) is 0 Å². The van der Waals surface area contributed by atoms with Crippen LogP contribution in [0.4, 0.5) is 0 Å². The van der Waals surface area contributed by atoms with Crippen LogP contribution in [0.25, 0.3) is 10.9 Å². The highest BCUT2D eigenvalue weighted by Gasteiger charge is 2.15. The third kappa shape index (κ3) is 5.76. The van der Waals surface area contributed by atoms with Gasteiger partial charge in [-0.25, -0.2) is 0 Å². The minimum absolute atomic E-state index is 0.254. The minimum Gasteiger partial charge on any atom is -0.454 e. The van der Waals surface area contributed by atoms with Crippen LogP contribution in [-0.4, -0.2) is 68.3 Å². The highest BCUT2D eigenvalue weighted by Crippen LogP contribution is 2.30. The maximum atomic E-state index is 11.9. The van der Waals surface area contributed by atoms with Crippen molar-refractivity contribution in [1.29, 1.82) is 0 Å². The molecule has 0 radical (unpaired) electrons. The number of esters is 1. The molecule has 1 heterocycles. The summed E-state index contributed by atoms with van der Waals surface area (Å²) in [5, 5.41) is 1.06. The summed E-state index contributed by atoms with van der Waals surface area (Å²) < 4.78 is 11.3. The summed E-state index contributed by atoms with van der Waals surface area (Å²) in [6, 6.07) is 5.87. The Morgan fingerprint density at radius 3 is 2.56 bits per heavy atom. The van der Waals surface area contributed by atoms with Gasteiger partial charge in [-0.3, -0.25) is 4.79 Å². The molecule has 0 saturated heterocycles. The summed E-state index contributed by atoms with van der Waals surface area (Å²) >= 11 is 0. The van der Waals surface area contributed by atoms with Crippen LogP contribution in [0.2, 0.25) is 0 Å². The van der Waals surface area contributed by atoms with Gasteiger partial charge >= 0.3 is 5.97 Å². The van der Waals surface area contributed by atoms with Crippen LogP contribution in [0.1, 0.15) is 18.9 Å². The smallest absolute Gasteiger partial charge is 0.310 e. The SMILES string of the molecule is CC(OC(=O)CCN(C)C)Oc1cccc2[nH]cc(CCN(C)C)c12. The number of benzene rings is 1. The Morgan fingerprint density at radius 2 is 1.88 bits per heavy atom. The number of aromatic nitrogens is 1. The van der Waals surface area contributed by atoms with Gasteiger partial charge in [-0.05, 0) is 52.3 Å². The Labute approximate surface area is 149 Å². The Kier molecular flexibility index (Phi) is 6.84. The molecule has 1 aromatic carbocycles. The quantitative estimate of drug-likeness (QED) is 0.558. The number of likely N-dealkylation sites (N-methyl/N-ethyl adjacent to an activating group) is 1. The van der Waals surface area contributed by atoms with Crippen LogP contribution in [0.3, 0.4) is 0 Å². The van der Waals surface area contributed by atoms with E-state index in [1.165, 1.54) is 5.56 Å². The van der Waals surface area contributed by atoms with E-state index in [0.29, 0.717) is 13.0 Å². The van der Waals surface area contributed by atoms with Crippen LogP contribution in [-0.2, 0) is 16.0 Å². The van der Waals surface area contributed by atoms with Crippen molar-refractivity contribution in [2.75, 3.05) is 41.3 Å². The molecular formula is C19H29N3O3. The van der Waals surface area contributed by atoms with E-state index in [4.69, 9.17) is 9.47 Å². The highest BCUT2D eigenvalue weighted by atomic mass is 16.7. The number of H-pyrrole nitrogens is 1. The van der Waals surface area contributed by atoms with E-state index >= 15 is 0 Å². The monoisotopic (exact) mass is 347 g/mol. The van der Waals surface area contributed by atoms with Crippen molar-refractivity contribution >= 4 is 16.9 Å². The fourth-order valence-electron chi connectivity index (χ4n) is 2.62. The maximum absolute atomic E-state index is 11.9. The zero-order chi connectivity index (χ0) is 18.4. The van der Waals surface area contributed by atoms with Gasteiger partial charge in [-0.2, -0.15) is 0 Å². The van der Waals surface area contributed by atoms with E-state index in [1.807, 2.05) is 43.4 Å². The van der Waals surface area contributed by atoms with Gasteiger partial charge in [0.05, 0.1) is 6.42 Å². The molecule has 1 N–H and O–H groups in total. The lowest BCUT2D eigenvalue weighted by molar-refractivity contribution is -0.161. The van der Waals surface area contributed by atoms with Crippen molar-refractivity contribution in [3.05, 3.63) is 30.0 Å². The second-order valence-electron chi connectivity index (χ2n) is 6.77. The van der Waals surface area contributed by atoms with Gasteiger partial charge in [-0.15, -0.1) is 0 Å². The zero-order valence-corrected chi connectivity index (χ0v) is 15.8. The van der Waals surface area contributed by atoms with Crippen LogP contribution in [0.15, 0.2) is 24.4 Å². The van der Waals surface area contributed by atoms with E-state index in [9.17, 15) is 4.79 Å². The van der Waals surface area contributed by atoms with Crippen molar-refractivity contribution in [3.63, 3.8) is 0 Å². The molecule has 0 aliphatic heterocycles. The number of hydrogen-bond acceptors (Lipinski definition) is 5. The first-order valence-electron chi connectivity index (χ1n) is 8.61. The Balaban J connectivity index is 2.06. The molecule has 1 unspecified atom stereocenters. The number of ether oxygens (including phenoxy) is 2. The Bertz CT molecular complexity index is 694. The van der Waals surface area contributed by atoms with Crippen LogP contribution in [0, 0.1) is 0 Å². The van der Waals surface area contributed by atoms with E-state index in [2.05, 4.69) is 24.0 Å². The first kappa shape index (κ1) is 19.3. The van der Waals surface area contributed by atoms with Crippen LogP contribution >= 0.6 is 0 Å². The summed E-state index contributed by atoms with van der Waals surface area (Å²) in [6.07, 6.45) is 2.67. The van der Waals surface area contributed by atoms with Crippen molar-refractivity contribution in [1.82, 2.24) is 14.8 Å².